The molecule has 1 aromatic heterocycles. The lowest BCUT2D eigenvalue weighted by atomic mass is 10.5. The van der Waals surface area contributed by atoms with E-state index in [2.05, 4.69) is 20.9 Å². The molecule has 0 aromatic carbocycles. The average Bonchev–Trinajstić information content (AvgIpc) is 1.92. The molecule has 0 aliphatic heterocycles. The molecular weight excluding hydrogens is 265 g/mol. The summed E-state index contributed by atoms with van der Waals surface area (Å²) in [5, 5.41) is 0.133. The van der Waals surface area contributed by atoms with Gasteiger partial charge in [0.25, 0.3) is 0 Å². The Morgan fingerprint density at radius 1 is 1.50 bits per heavy atom. The minimum atomic E-state index is -3.26. The molecule has 0 saturated carbocycles. The van der Waals surface area contributed by atoms with Gasteiger partial charge in [-0.25, -0.2) is 13.4 Å². The minimum absolute atomic E-state index is 0.0179. The van der Waals surface area contributed by atoms with Crippen molar-refractivity contribution in [1.82, 2.24) is 4.98 Å². The minimum Gasteiger partial charge on any atom is -0.223 e. The van der Waals surface area contributed by atoms with E-state index in [1.807, 2.05) is 0 Å². The van der Waals surface area contributed by atoms with Gasteiger partial charge in [-0.3, -0.25) is 0 Å². The molecule has 0 aliphatic carbocycles. The first-order valence-corrected chi connectivity index (χ1v) is 5.99. The third-order valence-electron chi connectivity index (χ3n) is 1.16. The summed E-state index contributed by atoms with van der Waals surface area (Å²) >= 11 is 8.70. The SMILES string of the molecule is CS(=O)(=O)c1ccc(Br)c(Cl)n1. The highest BCUT2D eigenvalue weighted by molar-refractivity contribution is 9.10. The van der Waals surface area contributed by atoms with Crippen LogP contribution in [0.25, 0.3) is 0 Å². The number of hydrogen-bond acceptors (Lipinski definition) is 3. The molecule has 12 heavy (non-hydrogen) atoms. The van der Waals surface area contributed by atoms with Crippen molar-refractivity contribution in [1.29, 1.82) is 0 Å². The van der Waals surface area contributed by atoms with Crippen LogP contribution in [0.2, 0.25) is 5.15 Å². The number of aromatic nitrogens is 1. The second-order valence-electron chi connectivity index (χ2n) is 2.19. The van der Waals surface area contributed by atoms with E-state index in [-0.39, 0.29) is 10.2 Å². The standard InChI is InChI=1S/C6H5BrClNO2S/c1-12(10,11)5-3-2-4(7)6(8)9-5/h2-3H,1H3. The van der Waals surface area contributed by atoms with Crippen LogP contribution < -0.4 is 0 Å². The maximum atomic E-state index is 11.0. The van der Waals surface area contributed by atoms with E-state index in [9.17, 15) is 8.42 Å². The molecule has 0 atom stereocenters. The van der Waals surface area contributed by atoms with Crippen molar-refractivity contribution in [2.45, 2.75) is 5.03 Å². The molecule has 6 heteroatoms. The fourth-order valence-electron chi connectivity index (χ4n) is 0.607. The molecule has 3 nitrogen and oxygen atoms in total. The molecule has 1 aromatic rings. The molecule has 1 rings (SSSR count). The maximum Gasteiger partial charge on any atom is 0.192 e. The molecule has 0 bridgehead atoms. The number of pyridine rings is 1. The first-order chi connectivity index (χ1) is 5.41. The fraction of sp³-hybridized carbons (Fsp3) is 0.167. The lowest BCUT2D eigenvalue weighted by molar-refractivity contribution is 0.598. The van der Waals surface area contributed by atoms with E-state index in [1.165, 1.54) is 6.07 Å². The van der Waals surface area contributed by atoms with Crippen molar-refractivity contribution in [3.63, 3.8) is 0 Å². The second-order valence-corrected chi connectivity index (χ2v) is 5.37. The number of rotatable bonds is 1. The lowest BCUT2D eigenvalue weighted by Gasteiger charge is -1.98. The van der Waals surface area contributed by atoms with Gasteiger partial charge in [-0.05, 0) is 28.1 Å². The Bertz CT molecular complexity index is 404. The Balaban J connectivity index is 3.33. The van der Waals surface area contributed by atoms with Crippen molar-refractivity contribution in [2.75, 3.05) is 6.26 Å². The topological polar surface area (TPSA) is 47.0 Å². The molecule has 66 valence electrons. The third-order valence-corrected chi connectivity index (χ3v) is 3.30. The van der Waals surface area contributed by atoms with Gasteiger partial charge in [-0.1, -0.05) is 11.6 Å². The van der Waals surface area contributed by atoms with Crippen LogP contribution in [0.15, 0.2) is 21.6 Å². The summed E-state index contributed by atoms with van der Waals surface area (Å²) in [6, 6.07) is 2.94. The Kier molecular flexibility index (Phi) is 2.75. The lowest BCUT2D eigenvalue weighted by Crippen LogP contribution is -2.00. The predicted octanol–water partition coefficient (Wildman–Crippen LogP) is 1.90. The van der Waals surface area contributed by atoms with Gasteiger partial charge in [0.05, 0.1) is 4.47 Å². The summed E-state index contributed by atoms with van der Waals surface area (Å²) in [5.41, 5.74) is 0. The van der Waals surface area contributed by atoms with Crippen molar-refractivity contribution in [3.05, 3.63) is 21.8 Å². The van der Waals surface area contributed by atoms with E-state index >= 15 is 0 Å². The summed E-state index contributed by atoms with van der Waals surface area (Å²) < 4.78 is 22.5. The van der Waals surface area contributed by atoms with Gasteiger partial charge >= 0.3 is 0 Å². The van der Waals surface area contributed by atoms with Gasteiger partial charge in [0.2, 0.25) is 0 Å². The number of sulfone groups is 1. The van der Waals surface area contributed by atoms with Crippen LogP contribution in [-0.2, 0) is 9.84 Å². The largest absolute Gasteiger partial charge is 0.223 e. The van der Waals surface area contributed by atoms with Crippen molar-refractivity contribution >= 4 is 37.4 Å². The summed E-state index contributed by atoms with van der Waals surface area (Å²) in [7, 11) is -3.26. The summed E-state index contributed by atoms with van der Waals surface area (Å²) in [4.78, 5) is 3.67. The first-order valence-electron chi connectivity index (χ1n) is 2.93. The van der Waals surface area contributed by atoms with Gasteiger partial charge in [0, 0.05) is 6.26 Å². The van der Waals surface area contributed by atoms with Gasteiger partial charge in [-0.2, -0.15) is 0 Å². The van der Waals surface area contributed by atoms with Gasteiger partial charge in [0.15, 0.2) is 14.9 Å². The summed E-state index contributed by atoms with van der Waals surface area (Å²) in [6.45, 7) is 0. The highest BCUT2D eigenvalue weighted by Crippen LogP contribution is 2.21. The van der Waals surface area contributed by atoms with E-state index in [0.29, 0.717) is 4.47 Å². The van der Waals surface area contributed by atoms with Gasteiger partial charge in [-0.15, -0.1) is 0 Å². The summed E-state index contributed by atoms with van der Waals surface area (Å²) in [5.74, 6) is 0. The molecule has 1 heterocycles. The van der Waals surface area contributed by atoms with E-state index in [1.54, 1.807) is 6.07 Å². The molecule has 0 unspecified atom stereocenters. The molecule has 0 aliphatic rings. The highest BCUT2D eigenvalue weighted by Gasteiger charge is 2.10. The predicted molar refractivity (Wildman–Crippen MR) is 50.1 cm³/mol. The number of halogens is 2. The molecule has 0 fully saturated rings. The van der Waals surface area contributed by atoms with Crippen LogP contribution in [0, 0.1) is 0 Å². The number of nitrogens with zero attached hydrogens (tertiary/aromatic N) is 1. The second kappa shape index (κ2) is 3.32. The van der Waals surface area contributed by atoms with Gasteiger partial charge in [0.1, 0.15) is 5.15 Å². The van der Waals surface area contributed by atoms with E-state index in [0.717, 1.165) is 6.26 Å². The Labute approximate surface area is 83.8 Å². The summed E-state index contributed by atoms with van der Waals surface area (Å²) in [6.07, 6.45) is 1.08. The average molecular weight is 271 g/mol. The van der Waals surface area contributed by atoms with Crippen molar-refractivity contribution in [3.8, 4) is 0 Å². The van der Waals surface area contributed by atoms with E-state index in [4.69, 9.17) is 11.6 Å². The first kappa shape index (κ1) is 9.95. The monoisotopic (exact) mass is 269 g/mol. The van der Waals surface area contributed by atoms with Crippen LogP contribution in [0.1, 0.15) is 0 Å². The molecule has 0 saturated heterocycles. The van der Waals surface area contributed by atoms with Crippen LogP contribution >= 0.6 is 27.5 Å². The van der Waals surface area contributed by atoms with Gasteiger partial charge < -0.3 is 0 Å². The zero-order valence-electron chi connectivity index (χ0n) is 6.08. The molecule has 0 amide bonds. The molecular formula is C6H5BrClNO2S. The molecule has 0 spiro atoms. The normalized spacial score (nSPS) is 11.6. The van der Waals surface area contributed by atoms with Crippen molar-refractivity contribution in [2.24, 2.45) is 0 Å². The fourth-order valence-corrected chi connectivity index (χ4v) is 1.60. The molecule has 0 N–H and O–H groups in total. The Morgan fingerprint density at radius 2 is 2.08 bits per heavy atom. The zero-order chi connectivity index (χ0) is 9.35. The maximum absolute atomic E-state index is 11.0. The quantitative estimate of drug-likeness (QED) is 0.732. The molecule has 0 radical (unpaired) electrons. The van der Waals surface area contributed by atoms with Crippen LogP contribution in [-0.4, -0.2) is 19.7 Å². The van der Waals surface area contributed by atoms with Crippen molar-refractivity contribution < 1.29 is 8.42 Å². The Morgan fingerprint density at radius 3 is 2.50 bits per heavy atom. The third kappa shape index (κ3) is 2.18. The number of hydrogen-bond donors (Lipinski definition) is 0. The highest BCUT2D eigenvalue weighted by atomic mass is 79.9. The van der Waals surface area contributed by atoms with Crippen LogP contribution in [0.5, 0.6) is 0 Å². The zero-order valence-corrected chi connectivity index (χ0v) is 9.24. The Hall–Kier alpha value is -0.130. The smallest absolute Gasteiger partial charge is 0.192 e. The van der Waals surface area contributed by atoms with Crippen LogP contribution in [0.4, 0.5) is 0 Å². The van der Waals surface area contributed by atoms with E-state index < -0.39 is 9.84 Å². The van der Waals surface area contributed by atoms with Crippen LogP contribution in [0.3, 0.4) is 0 Å².